The van der Waals surface area contributed by atoms with Gasteiger partial charge in [0.05, 0.1) is 18.7 Å². The van der Waals surface area contributed by atoms with E-state index in [0.717, 1.165) is 51.0 Å². The number of nitrogens with one attached hydrogen (secondary N) is 1. The summed E-state index contributed by atoms with van der Waals surface area (Å²) in [5, 5.41) is 15.9. The molecule has 2 aromatic rings. The lowest BCUT2D eigenvalue weighted by Gasteiger charge is -2.35. The predicted molar refractivity (Wildman–Crippen MR) is 169 cm³/mol. The third-order valence-corrected chi connectivity index (χ3v) is 9.09. The van der Waals surface area contributed by atoms with Gasteiger partial charge in [0, 0.05) is 51.1 Å². The van der Waals surface area contributed by atoms with Crippen molar-refractivity contribution in [1.82, 2.24) is 30.6 Å². The summed E-state index contributed by atoms with van der Waals surface area (Å²) in [7, 11) is 0. The summed E-state index contributed by atoms with van der Waals surface area (Å²) in [5.41, 5.74) is -0.608. The maximum Gasteiger partial charge on any atom is 0.408 e. The first-order chi connectivity index (χ1) is 21.5. The SMILES string of the molecule is CC(C)c1noc(N2CCC(C(C)CCOc3ccc(N4C[C@H](NC(=O)OC(C)(C)C)[C@@H](N5CCCCC5=O)C4)nn3)CC2)n1. The van der Waals surface area contributed by atoms with Crippen LogP contribution in [0.2, 0.25) is 0 Å². The zero-order chi connectivity index (χ0) is 32.1. The fourth-order valence-corrected chi connectivity index (χ4v) is 6.46. The fraction of sp³-hybridized carbons (Fsp3) is 0.750. The van der Waals surface area contributed by atoms with Gasteiger partial charge in [0.2, 0.25) is 11.8 Å². The number of rotatable bonds is 10. The minimum atomic E-state index is -0.608. The molecule has 5 rings (SSSR count). The van der Waals surface area contributed by atoms with E-state index < -0.39 is 11.7 Å². The number of anilines is 2. The summed E-state index contributed by atoms with van der Waals surface area (Å²) in [5.74, 6) is 3.45. The van der Waals surface area contributed by atoms with Gasteiger partial charge in [-0.2, -0.15) is 4.98 Å². The Bertz CT molecular complexity index is 1270. The van der Waals surface area contributed by atoms with E-state index in [1.807, 2.05) is 37.8 Å². The number of nitrogens with zero attached hydrogens (tertiary/aromatic N) is 7. The highest BCUT2D eigenvalue weighted by atomic mass is 16.6. The fourth-order valence-electron chi connectivity index (χ4n) is 6.46. The molecule has 3 fully saturated rings. The van der Waals surface area contributed by atoms with Gasteiger partial charge in [-0.05, 0) is 70.8 Å². The molecule has 0 radical (unpaired) electrons. The normalized spacial score (nSPS) is 22.2. The maximum absolute atomic E-state index is 12.8. The molecule has 3 aliphatic heterocycles. The van der Waals surface area contributed by atoms with Crippen LogP contribution in [0.25, 0.3) is 0 Å². The zero-order valence-corrected chi connectivity index (χ0v) is 27.7. The second-order valence-corrected chi connectivity index (χ2v) is 14.0. The summed E-state index contributed by atoms with van der Waals surface area (Å²) < 4.78 is 17.0. The molecule has 0 saturated carbocycles. The highest BCUT2D eigenvalue weighted by Crippen LogP contribution is 2.30. The highest BCUT2D eigenvalue weighted by Gasteiger charge is 2.41. The van der Waals surface area contributed by atoms with Crippen LogP contribution in [0.3, 0.4) is 0 Å². The number of carbonyl (C=O) groups is 2. The summed E-state index contributed by atoms with van der Waals surface area (Å²) >= 11 is 0. The summed E-state index contributed by atoms with van der Waals surface area (Å²) in [6.45, 7) is 16.1. The second kappa shape index (κ2) is 14.2. The molecule has 5 heterocycles. The lowest BCUT2D eigenvalue weighted by atomic mass is 9.84. The number of amides is 2. The first kappa shape index (κ1) is 32.7. The van der Waals surface area contributed by atoms with Gasteiger partial charge in [-0.1, -0.05) is 25.9 Å². The van der Waals surface area contributed by atoms with E-state index >= 15 is 0 Å². The number of aromatic nitrogens is 4. The largest absolute Gasteiger partial charge is 0.477 e. The molecule has 3 saturated heterocycles. The Morgan fingerprint density at radius 1 is 1.07 bits per heavy atom. The molecule has 13 heteroatoms. The monoisotopic (exact) mass is 626 g/mol. The number of carbonyl (C=O) groups excluding carboxylic acids is 2. The first-order valence-electron chi connectivity index (χ1n) is 16.6. The van der Waals surface area contributed by atoms with Crippen molar-refractivity contribution in [3.8, 4) is 5.88 Å². The number of alkyl carbamates (subject to hydrolysis) is 1. The zero-order valence-electron chi connectivity index (χ0n) is 27.7. The molecule has 3 atom stereocenters. The van der Waals surface area contributed by atoms with Crippen molar-refractivity contribution in [3.63, 3.8) is 0 Å². The van der Waals surface area contributed by atoms with E-state index in [1.54, 1.807) is 0 Å². The Hall–Kier alpha value is -3.64. The predicted octanol–water partition coefficient (Wildman–Crippen LogP) is 4.40. The van der Waals surface area contributed by atoms with Gasteiger partial charge >= 0.3 is 12.1 Å². The van der Waals surface area contributed by atoms with Gasteiger partial charge in [-0.25, -0.2) is 4.79 Å². The van der Waals surface area contributed by atoms with E-state index in [0.29, 0.717) is 62.2 Å². The van der Waals surface area contributed by atoms with Crippen molar-refractivity contribution in [2.24, 2.45) is 11.8 Å². The molecule has 45 heavy (non-hydrogen) atoms. The maximum atomic E-state index is 12.8. The number of hydrogen-bond acceptors (Lipinski definition) is 11. The van der Waals surface area contributed by atoms with Crippen LogP contribution in [0, 0.1) is 11.8 Å². The van der Waals surface area contributed by atoms with Crippen molar-refractivity contribution in [1.29, 1.82) is 0 Å². The molecule has 0 bridgehead atoms. The molecular formula is C32H50N8O5. The average Bonchev–Trinajstić information content (AvgIpc) is 3.65. The molecule has 3 aliphatic rings. The van der Waals surface area contributed by atoms with Crippen LogP contribution in [0.4, 0.5) is 16.6 Å². The van der Waals surface area contributed by atoms with E-state index in [-0.39, 0.29) is 23.9 Å². The molecule has 2 aromatic heterocycles. The van der Waals surface area contributed by atoms with Gasteiger partial charge in [0.25, 0.3) is 0 Å². The molecule has 0 aromatic carbocycles. The quantitative estimate of drug-likeness (QED) is 0.401. The minimum absolute atomic E-state index is 0.130. The van der Waals surface area contributed by atoms with Crippen LogP contribution in [-0.4, -0.2) is 94.3 Å². The van der Waals surface area contributed by atoms with Crippen LogP contribution in [0.5, 0.6) is 5.88 Å². The molecule has 2 amide bonds. The van der Waals surface area contributed by atoms with Crippen molar-refractivity contribution in [2.45, 2.75) is 104 Å². The van der Waals surface area contributed by atoms with Crippen molar-refractivity contribution in [2.75, 3.05) is 49.1 Å². The first-order valence-corrected chi connectivity index (χ1v) is 16.6. The van der Waals surface area contributed by atoms with Gasteiger partial charge < -0.3 is 34.0 Å². The van der Waals surface area contributed by atoms with Crippen LogP contribution in [0.15, 0.2) is 16.7 Å². The number of likely N-dealkylation sites (tertiary alicyclic amines) is 1. The van der Waals surface area contributed by atoms with Gasteiger partial charge in [0.15, 0.2) is 11.6 Å². The van der Waals surface area contributed by atoms with E-state index in [1.165, 1.54) is 0 Å². The topological polar surface area (TPSA) is 139 Å². The number of piperidine rings is 2. The Kier molecular flexibility index (Phi) is 10.3. The van der Waals surface area contributed by atoms with Gasteiger partial charge in [0.1, 0.15) is 5.60 Å². The Balaban J connectivity index is 1.10. The van der Waals surface area contributed by atoms with Crippen molar-refractivity contribution < 1.29 is 23.6 Å². The van der Waals surface area contributed by atoms with Crippen molar-refractivity contribution in [3.05, 3.63) is 18.0 Å². The summed E-state index contributed by atoms with van der Waals surface area (Å²) in [6, 6.07) is 3.93. The lowest BCUT2D eigenvalue weighted by Crippen LogP contribution is -2.54. The van der Waals surface area contributed by atoms with Crippen LogP contribution in [-0.2, 0) is 9.53 Å². The van der Waals surface area contributed by atoms with Crippen molar-refractivity contribution >= 4 is 23.8 Å². The molecule has 1 unspecified atom stereocenters. The smallest absolute Gasteiger partial charge is 0.408 e. The van der Waals surface area contributed by atoms with Crippen LogP contribution >= 0.6 is 0 Å². The average molecular weight is 627 g/mol. The van der Waals surface area contributed by atoms with Crippen LogP contribution < -0.4 is 19.9 Å². The van der Waals surface area contributed by atoms with E-state index in [4.69, 9.17) is 14.0 Å². The Labute approximate surface area is 266 Å². The summed E-state index contributed by atoms with van der Waals surface area (Å²) in [6.07, 6.45) is 5.02. The molecule has 248 valence electrons. The standard InChI is InChI=1S/C32H50N8O5/c1-21(2)29-34-30(45-37-29)38-16-12-23(13-17-38)22(3)14-18-43-27-11-10-26(35-36-27)39-19-24(33-31(42)44-32(4,5)6)25(20-39)40-15-8-7-9-28(40)41/h10-11,21-25H,7-9,12-20H2,1-6H3,(H,33,42)/t22?,24-,25-/m0/s1. The van der Waals surface area contributed by atoms with Gasteiger partial charge in [-0.3, -0.25) is 4.79 Å². The summed E-state index contributed by atoms with van der Waals surface area (Å²) in [4.78, 5) is 36.1. The third kappa shape index (κ3) is 8.55. The third-order valence-electron chi connectivity index (χ3n) is 9.09. The number of hydrogen-bond donors (Lipinski definition) is 1. The minimum Gasteiger partial charge on any atom is -0.477 e. The molecule has 1 N–H and O–H groups in total. The molecule has 0 aliphatic carbocycles. The second-order valence-electron chi connectivity index (χ2n) is 14.0. The number of ether oxygens (including phenoxy) is 2. The lowest BCUT2D eigenvalue weighted by molar-refractivity contribution is -0.135. The highest BCUT2D eigenvalue weighted by molar-refractivity contribution is 5.78. The molecular weight excluding hydrogens is 576 g/mol. The van der Waals surface area contributed by atoms with E-state index in [9.17, 15) is 9.59 Å². The Morgan fingerprint density at radius 2 is 1.84 bits per heavy atom. The van der Waals surface area contributed by atoms with Gasteiger partial charge in [-0.15, -0.1) is 10.2 Å². The molecule has 0 spiro atoms. The van der Waals surface area contributed by atoms with Crippen LogP contribution in [0.1, 0.15) is 91.8 Å². The molecule has 13 nitrogen and oxygen atoms in total. The Morgan fingerprint density at radius 3 is 2.49 bits per heavy atom. The van der Waals surface area contributed by atoms with E-state index in [2.05, 4.69) is 56.2 Å².